The number of rotatable bonds is 10. The van der Waals surface area contributed by atoms with Crippen molar-refractivity contribution in [3.8, 4) is 11.5 Å². The van der Waals surface area contributed by atoms with Crippen molar-refractivity contribution in [2.24, 2.45) is 0 Å². The van der Waals surface area contributed by atoms with E-state index in [1.54, 1.807) is 13.1 Å². The molecule has 0 bridgehead atoms. The number of anilines is 1. The Balaban J connectivity index is 1.98. The van der Waals surface area contributed by atoms with Gasteiger partial charge in [0.1, 0.15) is 0 Å². The summed E-state index contributed by atoms with van der Waals surface area (Å²) < 4.78 is 11.2. The van der Waals surface area contributed by atoms with E-state index >= 15 is 0 Å². The van der Waals surface area contributed by atoms with Crippen molar-refractivity contribution in [1.82, 2.24) is 4.90 Å². The zero-order valence-electron chi connectivity index (χ0n) is 18.1. The van der Waals surface area contributed by atoms with Crippen LogP contribution < -0.4 is 14.8 Å². The van der Waals surface area contributed by atoms with Gasteiger partial charge in [-0.3, -0.25) is 9.59 Å². The summed E-state index contributed by atoms with van der Waals surface area (Å²) in [5, 5.41) is 2.87. The molecule has 0 aliphatic rings. The van der Waals surface area contributed by atoms with Gasteiger partial charge in [-0.1, -0.05) is 31.2 Å². The van der Waals surface area contributed by atoms with E-state index in [4.69, 9.17) is 9.47 Å². The Kier molecular flexibility index (Phi) is 8.94. The molecule has 30 heavy (non-hydrogen) atoms. The minimum absolute atomic E-state index is 0.0330. The summed E-state index contributed by atoms with van der Waals surface area (Å²) in [6, 6.07) is 13.1. The molecule has 0 aliphatic heterocycles. The lowest BCUT2D eigenvalue weighted by molar-refractivity contribution is -0.129. The molecule has 2 rings (SSSR count). The van der Waals surface area contributed by atoms with Crippen LogP contribution in [0.25, 0.3) is 6.08 Å². The molecule has 0 aliphatic carbocycles. The Labute approximate surface area is 178 Å². The average Bonchev–Trinajstić information content (AvgIpc) is 2.74. The lowest BCUT2D eigenvalue weighted by atomic mass is 10.1. The topological polar surface area (TPSA) is 67.9 Å². The minimum Gasteiger partial charge on any atom is -0.490 e. The van der Waals surface area contributed by atoms with Crippen LogP contribution in [-0.2, 0) is 16.0 Å². The maximum atomic E-state index is 12.4. The van der Waals surface area contributed by atoms with Crippen LogP contribution in [0.15, 0.2) is 48.5 Å². The van der Waals surface area contributed by atoms with Crippen LogP contribution in [0.3, 0.4) is 0 Å². The maximum absolute atomic E-state index is 12.4. The van der Waals surface area contributed by atoms with E-state index in [0.29, 0.717) is 24.7 Å². The fraction of sp³-hybridized carbons (Fsp3) is 0.333. The second-order valence-corrected chi connectivity index (χ2v) is 6.66. The molecule has 1 N–H and O–H groups in total. The van der Waals surface area contributed by atoms with Gasteiger partial charge in [-0.05, 0) is 55.7 Å². The fourth-order valence-corrected chi connectivity index (χ4v) is 2.90. The highest BCUT2D eigenvalue weighted by molar-refractivity contribution is 5.98. The molecule has 6 heteroatoms. The van der Waals surface area contributed by atoms with Crippen LogP contribution in [-0.4, -0.2) is 43.5 Å². The van der Waals surface area contributed by atoms with E-state index in [-0.39, 0.29) is 18.4 Å². The van der Waals surface area contributed by atoms with Crippen molar-refractivity contribution in [3.05, 3.63) is 59.7 Å². The first kappa shape index (κ1) is 23.0. The number of aryl methyl sites for hydroxylation is 1. The lowest BCUT2D eigenvalue weighted by Gasteiger charge is -2.16. The molecule has 160 valence electrons. The third-order valence-corrected chi connectivity index (χ3v) is 4.42. The highest BCUT2D eigenvalue weighted by Crippen LogP contribution is 2.29. The summed E-state index contributed by atoms with van der Waals surface area (Å²) in [5.41, 5.74) is 2.64. The van der Waals surface area contributed by atoms with Gasteiger partial charge in [0.2, 0.25) is 11.8 Å². The molecule has 0 saturated carbocycles. The number of hydrogen-bond acceptors (Lipinski definition) is 4. The number of nitrogens with zero attached hydrogens (tertiary/aromatic N) is 1. The Bertz CT molecular complexity index is 893. The SMILES string of the molecule is CCOc1ccc(/C=C/C(=O)N(C)CC(=O)Nc2ccccc2CC)cc1OCC. The molecule has 0 aromatic heterocycles. The van der Waals surface area contributed by atoms with Gasteiger partial charge in [-0.2, -0.15) is 0 Å². The van der Waals surface area contributed by atoms with Crippen LogP contribution in [0.5, 0.6) is 11.5 Å². The van der Waals surface area contributed by atoms with Gasteiger partial charge in [-0.25, -0.2) is 0 Å². The van der Waals surface area contributed by atoms with Crippen molar-refractivity contribution >= 4 is 23.6 Å². The highest BCUT2D eigenvalue weighted by atomic mass is 16.5. The number of amides is 2. The fourth-order valence-electron chi connectivity index (χ4n) is 2.90. The first-order chi connectivity index (χ1) is 14.5. The molecule has 2 amide bonds. The molecule has 6 nitrogen and oxygen atoms in total. The van der Waals surface area contributed by atoms with Gasteiger partial charge in [0.15, 0.2) is 11.5 Å². The van der Waals surface area contributed by atoms with E-state index in [1.807, 2.05) is 63.2 Å². The number of hydrogen-bond donors (Lipinski definition) is 1. The largest absolute Gasteiger partial charge is 0.490 e. The summed E-state index contributed by atoms with van der Waals surface area (Å²) in [7, 11) is 1.60. The Hall–Kier alpha value is -3.28. The predicted molar refractivity (Wildman–Crippen MR) is 120 cm³/mol. The third-order valence-electron chi connectivity index (χ3n) is 4.42. The molecule has 0 radical (unpaired) electrons. The van der Waals surface area contributed by atoms with Gasteiger partial charge in [0.05, 0.1) is 19.8 Å². The van der Waals surface area contributed by atoms with Gasteiger partial charge in [0, 0.05) is 18.8 Å². The predicted octanol–water partition coefficient (Wildman–Crippen LogP) is 4.16. The Morgan fingerprint density at radius 1 is 1.00 bits per heavy atom. The summed E-state index contributed by atoms with van der Waals surface area (Å²) >= 11 is 0. The standard InChI is InChI=1S/C24H30N2O4/c1-5-19-10-8-9-11-20(19)25-23(27)17-26(4)24(28)15-13-18-12-14-21(29-6-2)22(16-18)30-7-3/h8-16H,5-7,17H2,1-4H3,(H,25,27)/b15-13+. The normalized spacial score (nSPS) is 10.7. The molecule has 0 saturated heterocycles. The van der Waals surface area contributed by atoms with Crippen molar-refractivity contribution in [2.45, 2.75) is 27.2 Å². The smallest absolute Gasteiger partial charge is 0.246 e. The van der Waals surface area contributed by atoms with Gasteiger partial charge >= 0.3 is 0 Å². The first-order valence-corrected chi connectivity index (χ1v) is 10.2. The van der Waals surface area contributed by atoms with E-state index in [1.165, 1.54) is 11.0 Å². The van der Waals surface area contributed by atoms with Crippen molar-refractivity contribution in [1.29, 1.82) is 0 Å². The van der Waals surface area contributed by atoms with Crippen molar-refractivity contribution < 1.29 is 19.1 Å². The van der Waals surface area contributed by atoms with Crippen LogP contribution in [0.2, 0.25) is 0 Å². The van der Waals surface area contributed by atoms with Gasteiger partial charge < -0.3 is 19.7 Å². The van der Waals surface area contributed by atoms with Crippen LogP contribution in [0, 0.1) is 0 Å². The summed E-state index contributed by atoms with van der Waals surface area (Å²) in [6.45, 7) is 6.88. The van der Waals surface area contributed by atoms with E-state index in [2.05, 4.69) is 5.32 Å². The molecular weight excluding hydrogens is 380 g/mol. The maximum Gasteiger partial charge on any atom is 0.246 e. The highest BCUT2D eigenvalue weighted by Gasteiger charge is 2.12. The number of nitrogens with one attached hydrogen (secondary N) is 1. The number of ether oxygens (including phenoxy) is 2. The molecule has 0 spiro atoms. The molecule has 0 atom stereocenters. The molecular formula is C24H30N2O4. The minimum atomic E-state index is -0.263. The number of carbonyl (C=O) groups excluding carboxylic acids is 2. The zero-order valence-corrected chi connectivity index (χ0v) is 18.1. The number of para-hydroxylation sites is 1. The number of benzene rings is 2. The molecule has 2 aromatic carbocycles. The lowest BCUT2D eigenvalue weighted by Crippen LogP contribution is -2.34. The molecule has 0 unspecified atom stereocenters. The van der Waals surface area contributed by atoms with E-state index in [0.717, 1.165) is 23.2 Å². The quantitative estimate of drug-likeness (QED) is 0.598. The summed E-state index contributed by atoms with van der Waals surface area (Å²) in [4.78, 5) is 26.1. The second-order valence-electron chi connectivity index (χ2n) is 6.66. The van der Waals surface area contributed by atoms with Crippen molar-refractivity contribution in [2.75, 3.05) is 32.1 Å². The van der Waals surface area contributed by atoms with Gasteiger partial charge in [0.25, 0.3) is 0 Å². The number of likely N-dealkylation sites (N-methyl/N-ethyl adjacent to an activating group) is 1. The van der Waals surface area contributed by atoms with E-state index in [9.17, 15) is 9.59 Å². The molecule has 2 aromatic rings. The summed E-state index contributed by atoms with van der Waals surface area (Å²) in [5.74, 6) is 0.806. The molecule has 0 heterocycles. The Morgan fingerprint density at radius 2 is 1.70 bits per heavy atom. The summed E-state index contributed by atoms with van der Waals surface area (Å²) in [6.07, 6.45) is 3.96. The number of carbonyl (C=O) groups is 2. The zero-order chi connectivity index (χ0) is 21.9. The third kappa shape index (κ3) is 6.65. The Morgan fingerprint density at radius 3 is 2.40 bits per heavy atom. The van der Waals surface area contributed by atoms with Crippen LogP contribution >= 0.6 is 0 Å². The van der Waals surface area contributed by atoms with E-state index < -0.39 is 0 Å². The van der Waals surface area contributed by atoms with Gasteiger partial charge in [-0.15, -0.1) is 0 Å². The van der Waals surface area contributed by atoms with Crippen molar-refractivity contribution in [3.63, 3.8) is 0 Å². The second kappa shape index (κ2) is 11.7. The van der Waals surface area contributed by atoms with Crippen LogP contribution in [0.1, 0.15) is 31.9 Å². The van der Waals surface area contributed by atoms with Crippen LogP contribution in [0.4, 0.5) is 5.69 Å². The first-order valence-electron chi connectivity index (χ1n) is 10.2. The monoisotopic (exact) mass is 410 g/mol. The molecule has 0 fully saturated rings. The average molecular weight is 411 g/mol.